The Morgan fingerprint density at radius 1 is 0.905 bits per heavy atom. The van der Waals surface area contributed by atoms with Crippen LogP contribution < -0.4 is 5.32 Å². The third-order valence-electron chi connectivity index (χ3n) is 4.57. The Hall–Kier alpha value is -0.353. The SMILES string of the molecule is CC(C)(C)[Si](C)(C)OCCCCCCCCCCNC=O. The number of hydrogen-bond donors (Lipinski definition) is 1. The van der Waals surface area contributed by atoms with Crippen LogP contribution in [0.5, 0.6) is 0 Å². The molecule has 0 heterocycles. The predicted octanol–water partition coefficient (Wildman–Crippen LogP) is 4.88. The van der Waals surface area contributed by atoms with E-state index in [9.17, 15) is 4.79 Å². The van der Waals surface area contributed by atoms with Crippen LogP contribution >= 0.6 is 0 Å². The Labute approximate surface area is 133 Å². The zero-order chi connectivity index (χ0) is 16.2. The first-order valence-electron chi connectivity index (χ1n) is 8.62. The second-order valence-corrected chi connectivity index (χ2v) is 12.3. The van der Waals surface area contributed by atoms with Crippen LogP contribution in [-0.2, 0) is 9.22 Å². The van der Waals surface area contributed by atoms with Crippen molar-refractivity contribution in [2.24, 2.45) is 0 Å². The van der Waals surface area contributed by atoms with E-state index in [1.54, 1.807) is 0 Å². The van der Waals surface area contributed by atoms with Crippen molar-refractivity contribution < 1.29 is 9.22 Å². The van der Waals surface area contributed by atoms with Gasteiger partial charge in [0.15, 0.2) is 8.32 Å². The molecule has 0 aromatic rings. The second-order valence-electron chi connectivity index (χ2n) is 7.51. The van der Waals surface area contributed by atoms with E-state index in [1.807, 2.05) is 0 Å². The van der Waals surface area contributed by atoms with Crippen LogP contribution in [0.15, 0.2) is 0 Å². The third kappa shape index (κ3) is 10.9. The molecule has 0 aromatic heterocycles. The molecule has 0 aliphatic rings. The summed E-state index contributed by atoms with van der Waals surface area (Å²) in [7, 11) is -1.53. The molecular weight excluding hydrogens is 278 g/mol. The molecule has 0 fully saturated rings. The van der Waals surface area contributed by atoms with Crippen LogP contribution in [-0.4, -0.2) is 27.9 Å². The molecule has 0 aliphatic carbocycles. The lowest BCUT2D eigenvalue weighted by Gasteiger charge is -2.36. The zero-order valence-corrected chi connectivity index (χ0v) is 16.0. The molecule has 21 heavy (non-hydrogen) atoms. The number of amides is 1. The van der Waals surface area contributed by atoms with Crippen LogP contribution in [0.4, 0.5) is 0 Å². The van der Waals surface area contributed by atoms with E-state index in [1.165, 1.54) is 44.9 Å². The molecule has 4 heteroatoms. The van der Waals surface area contributed by atoms with E-state index in [0.29, 0.717) is 5.04 Å². The summed E-state index contributed by atoms with van der Waals surface area (Å²) in [6.45, 7) is 13.3. The van der Waals surface area contributed by atoms with Gasteiger partial charge in [-0.25, -0.2) is 0 Å². The molecule has 0 rings (SSSR count). The number of carbonyl (C=O) groups excluding carboxylic acids is 1. The van der Waals surface area contributed by atoms with Gasteiger partial charge in [-0.2, -0.15) is 0 Å². The molecule has 0 aliphatic heterocycles. The maximum Gasteiger partial charge on any atom is 0.207 e. The van der Waals surface area contributed by atoms with E-state index in [0.717, 1.165) is 26.0 Å². The van der Waals surface area contributed by atoms with E-state index >= 15 is 0 Å². The van der Waals surface area contributed by atoms with Crippen molar-refractivity contribution in [1.82, 2.24) is 5.32 Å². The van der Waals surface area contributed by atoms with Crippen molar-refractivity contribution in [3.05, 3.63) is 0 Å². The van der Waals surface area contributed by atoms with Crippen LogP contribution in [0, 0.1) is 0 Å². The molecule has 0 saturated carbocycles. The van der Waals surface area contributed by atoms with Gasteiger partial charge in [0.05, 0.1) is 0 Å². The number of carbonyl (C=O) groups is 1. The Balaban J connectivity index is 3.32. The molecule has 0 aromatic carbocycles. The molecule has 0 bridgehead atoms. The van der Waals surface area contributed by atoms with Gasteiger partial charge in [0.25, 0.3) is 0 Å². The maximum atomic E-state index is 10.1. The van der Waals surface area contributed by atoms with E-state index in [-0.39, 0.29) is 0 Å². The van der Waals surface area contributed by atoms with Crippen molar-refractivity contribution in [1.29, 1.82) is 0 Å². The number of hydrogen-bond acceptors (Lipinski definition) is 2. The first-order chi connectivity index (χ1) is 9.81. The fraction of sp³-hybridized carbons (Fsp3) is 0.941. The lowest BCUT2D eigenvalue weighted by molar-refractivity contribution is -0.109. The zero-order valence-electron chi connectivity index (χ0n) is 15.0. The highest BCUT2D eigenvalue weighted by atomic mass is 28.4. The van der Waals surface area contributed by atoms with Crippen molar-refractivity contribution in [3.63, 3.8) is 0 Å². The topological polar surface area (TPSA) is 38.3 Å². The van der Waals surface area contributed by atoms with Gasteiger partial charge in [-0.1, -0.05) is 59.3 Å². The Bertz CT molecular complexity index is 262. The van der Waals surface area contributed by atoms with Gasteiger partial charge in [-0.3, -0.25) is 4.79 Å². The molecule has 3 nitrogen and oxygen atoms in total. The minimum atomic E-state index is -1.53. The number of rotatable bonds is 13. The van der Waals surface area contributed by atoms with E-state index in [2.05, 4.69) is 39.2 Å². The molecule has 1 N–H and O–H groups in total. The Morgan fingerprint density at radius 2 is 1.38 bits per heavy atom. The molecule has 0 spiro atoms. The third-order valence-corrected chi connectivity index (χ3v) is 9.11. The summed E-state index contributed by atoms with van der Waals surface area (Å²) in [4.78, 5) is 10.1. The summed E-state index contributed by atoms with van der Waals surface area (Å²) in [5, 5.41) is 3.03. The van der Waals surface area contributed by atoms with Gasteiger partial charge >= 0.3 is 0 Å². The molecule has 0 atom stereocenters. The smallest absolute Gasteiger partial charge is 0.207 e. The standard InChI is InChI=1S/C17H37NO2Si/c1-17(2,3)21(4,5)20-15-13-11-9-7-6-8-10-12-14-18-16-19/h16H,6-15H2,1-5H3,(H,18,19). The maximum absolute atomic E-state index is 10.1. The van der Waals surface area contributed by atoms with Gasteiger partial charge < -0.3 is 9.74 Å². The normalized spacial score (nSPS) is 12.4. The van der Waals surface area contributed by atoms with Crippen LogP contribution in [0.3, 0.4) is 0 Å². The second kappa shape index (κ2) is 11.2. The van der Waals surface area contributed by atoms with E-state index in [4.69, 9.17) is 4.43 Å². The highest BCUT2D eigenvalue weighted by Gasteiger charge is 2.36. The summed E-state index contributed by atoms with van der Waals surface area (Å²) < 4.78 is 6.18. The highest BCUT2D eigenvalue weighted by molar-refractivity contribution is 6.74. The van der Waals surface area contributed by atoms with Crippen molar-refractivity contribution in [3.8, 4) is 0 Å². The highest BCUT2D eigenvalue weighted by Crippen LogP contribution is 2.36. The van der Waals surface area contributed by atoms with Gasteiger partial charge in [0, 0.05) is 13.2 Å². The van der Waals surface area contributed by atoms with Crippen molar-refractivity contribution in [2.75, 3.05) is 13.2 Å². The van der Waals surface area contributed by atoms with Gasteiger partial charge in [0.2, 0.25) is 6.41 Å². The average molecular weight is 316 g/mol. The molecular formula is C17H37NO2Si. The Kier molecular flexibility index (Phi) is 11.1. The largest absolute Gasteiger partial charge is 0.417 e. The fourth-order valence-electron chi connectivity index (χ4n) is 1.99. The van der Waals surface area contributed by atoms with Gasteiger partial charge in [-0.05, 0) is 31.0 Å². The molecule has 0 unspecified atom stereocenters. The minimum Gasteiger partial charge on any atom is -0.417 e. The predicted molar refractivity (Wildman–Crippen MR) is 94.2 cm³/mol. The fourth-order valence-corrected chi connectivity index (χ4v) is 3.08. The molecule has 0 radical (unpaired) electrons. The van der Waals surface area contributed by atoms with Crippen molar-refractivity contribution in [2.45, 2.75) is 90.3 Å². The monoisotopic (exact) mass is 315 g/mol. The van der Waals surface area contributed by atoms with E-state index < -0.39 is 8.32 Å². The van der Waals surface area contributed by atoms with Gasteiger partial charge in [0.1, 0.15) is 0 Å². The Morgan fingerprint density at radius 3 is 1.86 bits per heavy atom. The summed E-state index contributed by atoms with van der Waals surface area (Å²) in [6, 6.07) is 0. The van der Waals surface area contributed by atoms with Crippen molar-refractivity contribution >= 4 is 14.7 Å². The molecule has 0 saturated heterocycles. The van der Waals surface area contributed by atoms with Crippen LogP contribution in [0.1, 0.15) is 72.1 Å². The first kappa shape index (κ1) is 20.6. The molecule has 126 valence electrons. The van der Waals surface area contributed by atoms with Gasteiger partial charge in [-0.15, -0.1) is 0 Å². The lowest BCUT2D eigenvalue weighted by Crippen LogP contribution is -2.40. The average Bonchev–Trinajstić information content (AvgIpc) is 2.38. The summed E-state index contributed by atoms with van der Waals surface area (Å²) >= 11 is 0. The number of nitrogens with one attached hydrogen (secondary N) is 1. The lowest BCUT2D eigenvalue weighted by atomic mass is 10.1. The van der Waals surface area contributed by atoms with Crippen LogP contribution in [0.25, 0.3) is 0 Å². The minimum absolute atomic E-state index is 0.325. The number of unbranched alkanes of at least 4 members (excludes halogenated alkanes) is 7. The quantitative estimate of drug-likeness (QED) is 0.299. The molecule has 1 amide bonds. The van der Waals surface area contributed by atoms with Crippen LogP contribution in [0.2, 0.25) is 18.1 Å². The summed E-state index contributed by atoms with van der Waals surface area (Å²) in [5.74, 6) is 0. The summed E-state index contributed by atoms with van der Waals surface area (Å²) in [5.41, 5.74) is 0. The summed E-state index contributed by atoms with van der Waals surface area (Å²) in [6.07, 6.45) is 10.9. The first-order valence-corrected chi connectivity index (χ1v) is 11.5.